The van der Waals surface area contributed by atoms with E-state index in [4.69, 9.17) is 9.47 Å². The molecule has 20 heavy (non-hydrogen) atoms. The number of benzene rings is 1. The van der Waals surface area contributed by atoms with E-state index in [9.17, 15) is 0 Å². The average molecular weight is 270 g/mol. The molecule has 1 N–H and O–H groups in total. The topological polar surface area (TPSA) is 43.4 Å². The molecule has 4 heteroatoms. The van der Waals surface area contributed by atoms with Gasteiger partial charge in [-0.2, -0.15) is 0 Å². The van der Waals surface area contributed by atoms with Crippen LogP contribution in [0.4, 0.5) is 5.69 Å². The first-order chi connectivity index (χ1) is 9.76. The number of pyridine rings is 1. The van der Waals surface area contributed by atoms with Crippen LogP contribution in [0.15, 0.2) is 36.5 Å². The molecule has 2 heterocycles. The normalized spacial score (nSPS) is 17.0. The minimum Gasteiger partial charge on any atom is -0.497 e. The molecule has 4 nitrogen and oxygen atoms in total. The van der Waals surface area contributed by atoms with Crippen molar-refractivity contribution in [1.29, 1.82) is 0 Å². The summed E-state index contributed by atoms with van der Waals surface area (Å²) in [4.78, 5) is 4.32. The fraction of sp³-hybridized carbons (Fsp3) is 0.312. The van der Waals surface area contributed by atoms with Crippen LogP contribution in [-0.4, -0.2) is 18.7 Å². The lowest BCUT2D eigenvalue weighted by molar-refractivity contribution is 0.273. The fourth-order valence-corrected chi connectivity index (χ4v) is 2.40. The largest absolute Gasteiger partial charge is 0.497 e. The summed E-state index contributed by atoms with van der Waals surface area (Å²) in [5.74, 6) is 1.78. The second kappa shape index (κ2) is 5.41. The summed E-state index contributed by atoms with van der Waals surface area (Å²) >= 11 is 0. The smallest absolute Gasteiger partial charge is 0.124 e. The first kappa shape index (κ1) is 12.8. The molecule has 2 aromatic rings. The number of nitrogens with zero attached hydrogens (tertiary/aromatic N) is 1. The summed E-state index contributed by atoms with van der Waals surface area (Å²) in [5, 5.41) is 3.52. The molecule has 0 saturated heterocycles. The van der Waals surface area contributed by atoms with Crippen molar-refractivity contribution in [3.05, 3.63) is 47.8 Å². The second-order valence-electron chi connectivity index (χ2n) is 4.93. The van der Waals surface area contributed by atoms with Crippen LogP contribution in [0.3, 0.4) is 0 Å². The van der Waals surface area contributed by atoms with Gasteiger partial charge in [0.15, 0.2) is 0 Å². The molecule has 1 unspecified atom stereocenters. The Morgan fingerprint density at radius 2 is 2.20 bits per heavy atom. The van der Waals surface area contributed by atoms with Crippen LogP contribution in [0.1, 0.15) is 23.7 Å². The molecule has 0 bridgehead atoms. The zero-order chi connectivity index (χ0) is 13.9. The Bertz CT molecular complexity index is 596. The van der Waals surface area contributed by atoms with Crippen LogP contribution in [0.2, 0.25) is 0 Å². The van der Waals surface area contributed by atoms with Gasteiger partial charge in [0.05, 0.1) is 31.6 Å². The summed E-state index contributed by atoms with van der Waals surface area (Å²) in [7, 11) is 1.68. The van der Waals surface area contributed by atoms with Crippen molar-refractivity contribution >= 4 is 5.69 Å². The van der Waals surface area contributed by atoms with E-state index in [1.807, 2.05) is 37.4 Å². The minimum absolute atomic E-state index is 0.221. The van der Waals surface area contributed by atoms with Gasteiger partial charge in [-0.15, -0.1) is 0 Å². The van der Waals surface area contributed by atoms with Gasteiger partial charge in [-0.05, 0) is 37.3 Å². The molecule has 1 atom stereocenters. The van der Waals surface area contributed by atoms with E-state index in [1.54, 1.807) is 7.11 Å². The fourth-order valence-electron chi connectivity index (χ4n) is 2.40. The molecule has 0 aliphatic carbocycles. The Kier molecular flexibility index (Phi) is 3.46. The summed E-state index contributed by atoms with van der Waals surface area (Å²) in [6, 6.07) is 10.2. The lowest BCUT2D eigenvalue weighted by Gasteiger charge is -2.27. The summed E-state index contributed by atoms with van der Waals surface area (Å²) in [5.41, 5.74) is 3.18. The highest BCUT2D eigenvalue weighted by molar-refractivity contribution is 5.49. The molecular weight excluding hydrogens is 252 g/mol. The van der Waals surface area contributed by atoms with Gasteiger partial charge in [-0.1, -0.05) is 0 Å². The van der Waals surface area contributed by atoms with Crippen molar-refractivity contribution in [2.45, 2.75) is 19.4 Å². The number of aryl methyl sites for hydroxylation is 1. The predicted molar refractivity (Wildman–Crippen MR) is 78.4 cm³/mol. The molecular formula is C16H18N2O2. The van der Waals surface area contributed by atoms with Crippen LogP contribution in [0.25, 0.3) is 0 Å². The first-order valence-corrected chi connectivity index (χ1v) is 6.76. The van der Waals surface area contributed by atoms with Crippen molar-refractivity contribution in [1.82, 2.24) is 4.98 Å². The zero-order valence-corrected chi connectivity index (χ0v) is 11.7. The van der Waals surface area contributed by atoms with Crippen molar-refractivity contribution in [2.24, 2.45) is 0 Å². The van der Waals surface area contributed by atoms with E-state index < -0.39 is 0 Å². The van der Waals surface area contributed by atoms with E-state index in [0.29, 0.717) is 0 Å². The molecule has 0 amide bonds. The monoisotopic (exact) mass is 270 g/mol. The maximum atomic E-state index is 5.70. The minimum atomic E-state index is 0.221. The highest BCUT2D eigenvalue weighted by Gasteiger charge is 2.22. The van der Waals surface area contributed by atoms with Gasteiger partial charge in [-0.25, -0.2) is 0 Å². The van der Waals surface area contributed by atoms with E-state index in [0.717, 1.165) is 41.5 Å². The van der Waals surface area contributed by atoms with Crippen molar-refractivity contribution < 1.29 is 9.47 Å². The Morgan fingerprint density at radius 1 is 1.30 bits per heavy atom. The van der Waals surface area contributed by atoms with Crippen molar-refractivity contribution in [2.75, 3.05) is 19.0 Å². The number of fused-ring (bicyclic) bond motifs is 1. The third kappa shape index (κ3) is 2.54. The number of aromatic nitrogens is 1. The van der Waals surface area contributed by atoms with Crippen LogP contribution in [0.5, 0.6) is 11.5 Å². The van der Waals surface area contributed by atoms with Gasteiger partial charge >= 0.3 is 0 Å². The molecule has 3 rings (SSSR count). The third-order valence-corrected chi connectivity index (χ3v) is 3.51. The number of rotatable bonds is 3. The highest BCUT2D eigenvalue weighted by atomic mass is 16.5. The summed E-state index contributed by atoms with van der Waals surface area (Å²) < 4.78 is 11.0. The molecule has 1 aliphatic heterocycles. The molecule has 0 spiro atoms. The van der Waals surface area contributed by atoms with Gasteiger partial charge in [0.2, 0.25) is 0 Å². The maximum absolute atomic E-state index is 5.70. The van der Waals surface area contributed by atoms with Crippen LogP contribution < -0.4 is 14.8 Å². The number of hydrogen-bond donors (Lipinski definition) is 1. The molecule has 1 aliphatic rings. The van der Waals surface area contributed by atoms with Gasteiger partial charge in [0, 0.05) is 17.7 Å². The SMILES string of the molecule is COc1ccc2c(c1)C(Nc1ccc(C)nc1)CCO2. The quantitative estimate of drug-likeness (QED) is 0.929. The summed E-state index contributed by atoms with van der Waals surface area (Å²) in [6.45, 7) is 2.70. The number of anilines is 1. The second-order valence-corrected chi connectivity index (χ2v) is 4.93. The zero-order valence-electron chi connectivity index (χ0n) is 11.7. The number of hydrogen-bond acceptors (Lipinski definition) is 4. The Balaban J connectivity index is 1.87. The standard InChI is InChI=1S/C16H18N2O2/c1-11-3-4-12(10-17-11)18-15-7-8-20-16-6-5-13(19-2)9-14(15)16/h3-6,9-10,15,18H,7-8H2,1-2H3. The van der Waals surface area contributed by atoms with Crippen LogP contribution in [-0.2, 0) is 0 Å². The number of nitrogens with one attached hydrogen (secondary N) is 1. The number of ether oxygens (including phenoxy) is 2. The van der Waals surface area contributed by atoms with Gasteiger partial charge in [0.1, 0.15) is 11.5 Å². The predicted octanol–water partition coefficient (Wildman–Crippen LogP) is 3.33. The first-order valence-electron chi connectivity index (χ1n) is 6.76. The average Bonchev–Trinajstić information content (AvgIpc) is 2.49. The number of methoxy groups -OCH3 is 1. The van der Waals surface area contributed by atoms with Gasteiger partial charge in [-0.3, -0.25) is 4.98 Å². The lowest BCUT2D eigenvalue weighted by atomic mass is 10.00. The van der Waals surface area contributed by atoms with E-state index in [2.05, 4.69) is 16.4 Å². The van der Waals surface area contributed by atoms with Gasteiger partial charge in [0.25, 0.3) is 0 Å². The molecule has 0 saturated carbocycles. The van der Waals surface area contributed by atoms with E-state index in [-0.39, 0.29) is 6.04 Å². The molecule has 1 aromatic heterocycles. The third-order valence-electron chi connectivity index (χ3n) is 3.51. The molecule has 1 aromatic carbocycles. The highest BCUT2D eigenvalue weighted by Crippen LogP contribution is 2.36. The molecule has 0 radical (unpaired) electrons. The van der Waals surface area contributed by atoms with E-state index >= 15 is 0 Å². The van der Waals surface area contributed by atoms with Crippen LogP contribution in [0, 0.1) is 6.92 Å². The summed E-state index contributed by atoms with van der Waals surface area (Å²) in [6.07, 6.45) is 2.79. The molecule has 104 valence electrons. The maximum Gasteiger partial charge on any atom is 0.124 e. The Morgan fingerprint density at radius 3 is 2.95 bits per heavy atom. The van der Waals surface area contributed by atoms with Crippen LogP contribution >= 0.6 is 0 Å². The molecule has 0 fully saturated rings. The van der Waals surface area contributed by atoms with Crippen molar-refractivity contribution in [3.8, 4) is 11.5 Å². The van der Waals surface area contributed by atoms with E-state index in [1.165, 1.54) is 0 Å². The lowest BCUT2D eigenvalue weighted by Crippen LogP contribution is -2.20. The van der Waals surface area contributed by atoms with Gasteiger partial charge < -0.3 is 14.8 Å². The van der Waals surface area contributed by atoms with Crippen molar-refractivity contribution in [3.63, 3.8) is 0 Å². The Hall–Kier alpha value is -2.23. The Labute approximate surface area is 118 Å².